The molecule has 2 heterocycles. The summed E-state index contributed by atoms with van der Waals surface area (Å²) < 4.78 is 1.57. The van der Waals surface area contributed by atoms with Crippen molar-refractivity contribution in [3.8, 4) is 0 Å². The van der Waals surface area contributed by atoms with Crippen molar-refractivity contribution >= 4 is 40.6 Å². The third-order valence-corrected chi connectivity index (χ3v) is 3.75. The van der Waals surface area contributed by atoms with E-state index in [2.05, 4.69) is 20.6 Å². The summed E-state index contributed by atoms with van der Waals surface area (Å²) in [6.07, 6.45) is 1.52. The molecule has 0 fully saturated rings. The van der Waals surface area contributed by atoms with Crippen molar-refractivity contribution in [1.82, 2.24) is 19.8 Å². The lowest BCUT2D eigenvalue weighted by molar-refractivity contribution is -0.113. The first kappa shape index (κ1) is 13.8. The van der Waals surface area contributed by atoms with Crippen LogP contribution < -0.4 is 5.32 Å². The number of hydrogen-bond donors (Lipinski definition) is 1. The van der Waals surface area contributed by atoms with Crippen LogP contribution in [0.2, 0.25) is 5.02 Å². The number of benzene rings is 1. The summed E-state index contributed by atoms with van der Waals surface area (Å²) in [5.74, 6) is 0.139. The van der Waals surface area contributed by atoms with Gasteiger partial charge in [-0.3, -0.25) is 4.79 Å². The van der Waals surface area contributed by atoms with Crippen LogP contribution in [0.1, 0.15) is 0 Å². The van der Waals surface area contributed by atoms with E-state index in [1.165, 1.54) is 18.1 Å². The Hall–Kier alpha value is -2.12. The van der Waals surface area contributed by atoms with Crippen molar-refractivity contribution in [2.45, 2.75) is 5.03 Å². The number of aromatic nitrogens is 4. The zero-order valence-electron chi connectivity index (χ0n) is 10.7. The average molecular weight is 320 g/mol. The van der Waals surface area contributed by atoms with Crippen LogP contribution in [-0.4, -0.2) is 31.5 Å². The van der Waals surface area contributed by atoms with Gasteiger partial charge in [0.25, 0.3) is 0 Å². The van der Waals surface area contributed by atoms with Crippen molar-refractivity contribution in [2.24, 2.45) is 0 Å². The van der Waals surface area contributed by atoms with Gasteiger partial charge in [-0.15, -0.1) is 10.2 Å². The second-order valence-corrected chi connectivity index (χ2v) is 5.58. The number of carbonyl (C=O) groups is 1. The fourth-order valence-electron chi connectivity index (χ4n) is 1.69. The lowest BCUT2D eigenvalue weighted by Gasteiger charge is -2.05. The summed E-state index contributed by atoms with van der Waals surface area (Å²) in [6, 6.07) is 10.6. The molecule has 8 heteroatoms. The topological polar surface area (TPSA) is 72.2 Å². The van der Waals surface area contributed by atoms with E-state index in [-0.39, 0.29) is 11.7 Å². The van der Waals surface area contributed by atoms with Gasteiger partial charge in [0, 0.05) is 10.7 Å². The Labute approximate surface area is 129 Å². The van der Waals surface area contributed by atoms with Crippen LogP contribution in [0.5, 0.6) is 0 Å². The summed E-state index contributed by atoms with van der Waals surface area (Å²) >= 11 is 7.20. The molecule has 21 heavy (non-hydrogen) atoms. The molecule has 1 N–H and O–H groups in total. The summed E-state index contributed by atoms with van der Waals surface area (Å²) in [6.45, 7) is 0. The van der Waals surface area contributed by atoms with Crippen molar-refractivity contribution in [1.29, 1.82) is 0 Å². The first-order valence-corrected chi connectivity index (χ1v) is 7.42. The molecule has 0 aliphatic carbocycles. The van der Waals surface area contributed by atoms with Gasteiger partial charge < -0.3 is 5.32 Å². The highest BCUT2D eigenvalue weighted by molar-refractivity contribution is 7.99. The predicted octanol–water partition coefficient (Wildman–Crippen LogP) is 2.51. The first-order valence-electron chi connectivity index (χ1n) is 6.06. The number of rotatable bonds is 4. The zero-order valence-corrected chi connectivity index (χ0v) is 12.3. The number of carbonyl (C=O) groups excluding carboxylic acids is 1. The third-order valence-electron chi connectivity index (χ3n) is 2.60. The lowest BCUT2D eigenvalue weighted by atomic mass is 10.3. The van der Waals surface area contributed by atoms with Gasteiger partial charge in [-0.1, -0.05) is 29.4 Å². The van der Waals surface area contributed by atoms with Gasteiger partial charge in [-0.2, -0.15) is 9.61 Å². The fraction of sp³-hybridized carbons (Fsp3) is 0.0769. The quantitative estimate of drug-likeness (QED) is 0.748. The van der Waals surface area contributed by atoms with E-state index in [0.29, 0.717) is 16.4 Å². The summed E-state index contributed by atoms with van der Waals surface area (Å²) in [7, 11) is 0. The zero-order chi connectivity index (χ0) is 14.7. The molecule has 0 aliphatic rings. The summed E-state index contributed by atoms with van der Waals surface area (Å²) in [4.78, 5) is 11.9. The van der Waals surface area contributed by atoms with E-state index in [0.717, 1.165) is 5.03 Å². The highest BCUT2D eigenvalue weighted by atomic mass is 35.5. The van der Waals surface area contributed by atoms with Gasteiger partial charge in [-0.05, 0) is 30.3 Å². The van der Waals surface area contributed by atoms with E-state index in [1.807, 2.05) is 0 Å². The monoisotopic (exact) mass is 319 g/mol. The van der Waals surface area contributed by atoms with Crippen molar-refractivity contribution in [3.63, 3.8) is 0 Å². The smallest absolute Gasteiger partial charge is 0.234 e. The number of anilines is 1. The molecule has 6 nitrogen and oxygen atoms in total. The maximum atomic E-state index is 11.9. The summed E-state index contributed by atoms with van der Waals surface area (Å²) in [5, 5.41) is 16.0. The summed E-state index contributed by atoms with van der Waals surface area (Å²) in [5.41, 5.74) is 1.35. The maximum Gasteiger partial charge on any atom is 0.234 e. The van der Waals surface area contributed by atoms with Gasteiger partial charge in [0.15, 0.2) is 5.65 Å². The Morgan fingerprint density at radius 1 is 1.33 bits per heavy atom. The van der Waals surface area contributed by atoms with E-state index >= 15 is 0 Å². The van der Waals surface area contributed by atoms with Crippen molar-refractivity contribution < 1.29 is 4.79 Å². The minimum absolute atomic E-state index is 0.118. The Bertz CT molecular complexity index is 791. The van der Waals surface area contributed by atoms with E-state index < -0.39 is 0 Å². The highest BCUT2D eigenvalue weighted by Crippen LogP contribution is 2.17. The second kappa shape index (κ2) is 6.11. The number of thioether (sulfide) groups is 1. The average Bonchev–Trinajstić information content (AvgIpc) is 2.92. The van der Waals surface area contributed by atoms with Crippen LogP contribution in [0.4, 0.5) is 5.69 Å². The van der Waals surface area contributed by atoms with Gasteiger partial charge >= 0.3 is 0 Å². The minimum Gasteiger partial charge on any atom is -0.325 e. The molecule has 0 spiro atoms. The van der Waals surface area contributed by atoms with E-state index in [9.17, 15) is 4.79 Å². The second-order valence-electron chi connectivity index (χ2n) is 4.15. The molecular weight excluding hydrogens is 310 g/mol. The lowest BCUT2D eigenvalue weighted by Crippen LogP contribution is -2.14. The molecule has 3 aromatic rings. The molecule has 0 atom stereocenters. The van der Waals surface area contributed by atoms with Crippen LogP contribution in [0.15, 0.2) is 47.8 Å². The standard InChI is InChI=1S/C13H10ClN5OS/c14-9-2-1-3-10(6-9)16-12(20)7-21-13-5-4-11-17-15-8-19(11)18-13/h1-6,8H,7H2,(H,16,20). The van der Waals surface area contributed by atoms with E-state index in [1.54, 1.807) is 40.9 Å². The van der Waals surface area contributed by atoms with Crippen LogP contribution in [0.3, 0.4) is 0 Å². The van der Waals surface area contributed by atoms with Gasteiger partial charge in [-0.25, -0.2) is 0 Å². The molecule has 1 aromatic carbocycles. The maximum absolute atomic E-state index is 11.9. The number of halogens is 1. The minimum atomic E-state index is -0.118. The molecule has 2 aromatic heterocycles. The molecule has 3 rings (SSSR count). The molecule has 0 aliphatic heterocycles. The molecule has 0 bridgehead atoms. The SMILES string of the molecule is O=C(CSc1ccc2nncn2n1)Nc1cccc(Cl)c1. The van der Waals surface area contributed by atoms with Gasteiger partial charge in [0.2, 0.25) is 5.91 Å². The van der Waals surface area contributed by atoms with Crippen LogP contribution in [-0.2, 0) is 4.79 Å². The fourth-order valence-corrected chi connectivity index (χ4v) is 2.54. The molecule has 0 saturated heterocycles. The number of amides is 1. The van der Waals surface area contributed by atoms with Crippen LogP contribution in [0.25, 0.3) is 5.65 Å². The Morgan fingerprint density at radius 2 is 2.24 bits per heavy atom. The van der Waals surface area contributed by atoms with Gasteiger partial charge in [0.05, 0.1) is 5.75 Å². The molecule has 0 saturated carbocycles. The molecule has 106 valence electrons. The Morgan fingerprint density at radius 3 is 3.10 bits per heavy atom. The number of hydrogen-bond acceptors (Lipinski definition) is 5. The van der Waals surface area contributed by atoms with Crippen LogP contribution >= 0.6 is 23.4 Å². The Balaban J connectivity index is 1.60. The first-order chi connectivity index (χ1) is 10.2. The van der Waals surface area contributed by atoms with Crippen molar-refractivity contribution in [2.75, 3.05) is 11.1 Å². The third kappa shape index (κ3) is 3.50. The highest BCUT2D eigenvalue weighted by Gasteiger charge is 2.06. The molecule has 0 unspecified atom stereocenters. The van der Waals surface area contributed by atoms with E-state index in [4.69, 9.17) is 11.6 Å². The Kier molecular flexibility index (Phi) is 4.03. The molecule has 0 radical (unpaired) electrons. The molecular formula is C13H10ClN5OS. The number of nitrogens with zero attached hydrogens (tertiary/aromatic N) is 4. The number of fused-ring (bicyclic) bond motifs is 1. The molecule has 1 amide bonds. The largest absolute Gasteiger partial charge is 0.325 e. The van der Waals surface area contributed by atoms with Crippen molar-refractivity contribution in [3.05, 3.63) is 47.7 Å². The number of nitrogens with one attached hydrogen (secondary N) is 1. The predicted molar refractivity (Wildman–Crippen MR) is 81.6 cm³/mol. The van der Waals surface area contributed by atoms with Crippen LogP contribution in [0, 0.1) is 0 Å². The van der Waals surface area contributed by atoms with Gasteiger partial charge in [0.1, 0.15) is 11.4 Å². The normalized spacial score (nSPS) is 10.7.